The van der Waals surface area contributed by atoms with Gasteiger partial charge in [0.15, 0.2) is 11.7 Å². The molecule has 1 saturated heterocycles. The van der Waals surface area contributed by atoms with Crippen LogP contribution in [0.1, 0.15) is 0 Å². The molecule has 2 aliphatic heterocycles. The van der Waals surface area contributed by atoms with Crippen LogP contribution >= 0.6 is 11.8 Å². The lowest BCUT2D eigenvalue weighted by molar-refractivity contribution is -0.142. The number of nitrogens with zero attached hydrogens (tertiary/aromatic N) is 3. The number of oxazole rings is 1. The molecule has 0 N–H and O–H groups in total. The third kappa shape index (κ3) is 4.11. The van der Waals surface area contributed by atoms with Gasteiger partial charge in [0, 0.05) is 13.1 Å². The van der Waals surface area contributed by atoms with Crippen LogP contribution in [0.5, 0.6) is 5.75 Å². The molecule has 2 aromatic carbocycles. The van der Waals surface area contributed by atoms with E-state index in [2.05, 4.69) is 4.98 Å². The normalized spacial score (nSPS) is 18.5. The second-order valence-electron chi connectivity index (χ2n) is 7.25. The summed E-state index contributed by atoms with van der Waals surface area (Å²) < 4.78 is 17.0. The minimum Gasteiger partial charge on any atom is -0.476 e. The van der Waals surface area contributed by atoms with E-state index >= 15 is 0 Å². The molecule has 0 saturated carbocycles. The molecule has 1 aromatic heterocycles. The summed E-state index contributed by atoms with van der Waals surface area (Å²) >= 11 is 1.24. The number of para-hydroxylation sites is 4. The van der Waals surface area contributed by atoms with Crippen LogP contribution in [-0.2, 0) is 14.3 Å². The molecule has 0 unspecified atom stereocenters. The van der Waals surface area contributed by atoms with E-state index in [9.17, 15) is 9.59 Å². The van der Waals surface area contributed by atoms with E-state index in [0.29, 0.717) is 48.5 Å². The lowest BCUT2D eigenvalue weighted by Crippen LogP contribution is -2.54. The van der Waals surface area contributed by atoms with Crippen LogP contribution in [-0.4, -0.2) is 66.4 Å². The second kappa shape index (κ2) is 8.60. The first-order chi connectivity index (χ1) is 15.2. The van der Waals surface area contributed by atoms with Crippen LogP contribution < -0.4 is 9.64 Å². The number of amides is 2. The molecule has 8 nitrogen and oxygen atoms in total. The SMILES string of the molecule is O=C([C@@H]1CN(C(=O)CSc2nc3ccccc3o2)c2ccccc2O1)N1CCOCC1. The summed E-state index contributed by atoms with van der Waals surface area (Å²) in [5, 5.41) is 0.442. The maximum absolute atomic E-state index is 13.1. The monoisotopic (exact) mass is 439 g/mol. The molecular formula is C22H21N3O5S. The van der Waals surface area contributed by atoms with Crippen LogP contribution in [0, 0.1) is 0 Å². The first-order valence-electron chi connectivity index (χ1n) is 10.1. The minimum atomic E-state index is -0.744. The molecule has 9 heteroatoms. The Morgan fingerprint density at radius 3 is 2.68 bits per heavy atom. The Labute approximate surface area is 183 Å². The van der Waals surface area contributed by atoms with E-state index in [-0.39, 0.29) is 24.1 Å². The summed E-state index contributed by atoms with van der Waals surface area (Å²) in [4.78, 5) is 33.9. The van der Waals surface area contributed by atoms with E-state index in [1.165, 1.54) is 11.8 Å². The van der Waals surface area contributed by atoms with Crippen molar-refractivity contribution in [3.63, 3.8) is 0 Å². The van der Waals surface area contributed by atoms with Crippen LogP contribution in [0.4, 0.5) is 5.69 Å². The summed E-state index contributed by atoms with van der Waals surface area (Å²) in [6.45, 7) is 2.25. The third-order valence-corrected chi connectivity index (χ3v) is 6.08. The number of hydrogen-bond donors (Lipinski definition) is 0. The van der Waals surface area contributed by atoms with Gasteiger partial charge in [-0.15, -0.1) is 0 Å². The van der Waals surface area contributed by atoms with Gasteiger partial charge in [-0.05, 0) is 24.3 Å². The fourth-order valence-electron chi connectivity index (χ4n) is 3.70. The Balaban J connectivity index is 1.32. The molecule has 2 amide bonds. The van der Waals surface area contributed by atoms with E-state index < -0.39 is 6.10 Å². The molecule has 0 bridgehead atoms. The van der Waals surface area contributed by atoms with Crippen LogP contribution in [0.25, 0.3) is 11.1 Å². The van der Waals surface area contributed by atoms with Gasteiger partial charge in [0.2, 0.25) is 5.91 Å². The molecule has 0 aliphatic carbocycles. The van der Waals surface area contributed by atoms with Crippen LogP contribution in [0.2, 0.25) is 0 Å². The average molecular weight is 439 g/mol. The van der Waals surface area contributed by atoms with Crippen molar-refractivity contribution in [3.8, 4) is 5.75 Å². The van der Waals surface area contributed by atoms with Gasteiger partial charge < -0.3 is 23.7 Å². The molecule has 3 heterocycles. The lowest BCUT2D eigenvalue weighted by Gasteiger charge is -2.37. The van der Waals surface area contributed by atoms with E-state index in [4.69, 9.17) is 13.9 Å². The fourth-order valence-corrected chi connectivity index (χ4v) is 4.42. The van der Waals surface area contributed by atoms with Crippen molar-refractivity contribution < 1.29 is 23.5 Å². The molecule has 1 fully saturated rings. The number of hydrogen-bond acceptors (Lipinski definition) is 7. The van der Waals surface area contributed by atoms with Crippen LogP contribution in [0.3, 0.4) is 0 Å². The van der Waals surface area contributed by atoms with Gasteiger partial charge >= 0.3 is 0 Å². The highest BCUT2D eigenvalue weighted by Gasteiger charge is 2.36. The summed E-state index contributed by atoms with van der Waals surface area (Å²) in [5.74, 6) is 0.408. The van der Waals surface area contributed by atoms with Gasteiger partial charge in [-0.25, -0.2) is 4.98 Å². The molecular weight excluding hydrogens is 418 g/mol. The highest BCUT2D eigenvalue weighted by atomic mass is 32.2. The first kappa shape index (κ1) is 19.9. The predicted molar refractivity (Wildman–Crippen MR) is 115 cm³/mol. The summed E-state index contributed by atoms with van der Waals surface area (Å²) in [6, 6.07) is 14.8. The minimum absolute atomic E-state index is 0.123. The number of benzene rings is 2. The topological polar surface area (TPSA) is 85.1 Å². The fraction of sp³-hybridized carbons (Fsp3) is 0.318. The van der Waals surface area contributed by atoms with Crippen molar-refractivity contribution in [3.05, 3.63) is 48.5 Å². The van der Waals surface area contributed by atoms with E-state index in [1.807, 2.05) is 42.5 Å². The summed E-state index contributed by atoms with van der Waals surface area (Å²) in [6.07, 6.45) is -0.744. The number of ether oxygens (including phenoxy) is 2. The van der Waals surface area contributed by atoms with Gasteiger partial charge in [0.05, 0.1) is 31.2 Å². The van der Waals surface area contributed by atoms with Crippen molar-refractivity contribution in [2.45, 2.75) is 11.3 Å². The van der Waals surface area contributed by atoms with E-state index in [1.54, 1.807) is 15.9 Å². The molecule has 2 aliphatic rings. The van der Waals surface area contributed by atoms with Gasteiger partial charge in [-0.2, -0.15) is 0 Å². The number of morpholine rings is 1. The Morgan fingerprint density at radius 2 is 1.84 bits per heavy atom. The number of aromatic nitrogens is 1. The van der Waals surface area contributed by atoms with Crippen LogP contribution in [0.15, 0.2) is 58.2 Å². The zero-order valence-electron chi connectivity index (χ0n) is 16.7. The Morgan fingerprint density at radius 1 is 1.06 bits per heavy atom. The number of thioether (sulfide) groups is 1. The van der Waals surface area contributed by atoms with Gasteiger partial charge in [0.25, 0.3) is 11.1 Å². The molecule has 3 aromatic rings. The summed E-state index contributed by atoms with van der Waals surface area (Å²) in [5.41, 5.74) is 2.10. The van der Waals surface area contributed by atoms with E-state index in [0.717, 1.165) is 5.52 Å². The molecule has 5 rings (SSSR count). The Hall–Kier alpha value is -3.04. The largest absolute Gasteiger partial charge is 0.476 e. The number of carbonyl (C=O) groups is 2. The number of anilines is 1. The zero-order valence-corrected chi connectivity index (χ0v) is 17.5. The lowest BCUT2D eigenvalue weighted by atomic mass is 10.1. The zero-order chi connectivity index (χ0) is 21.2. The standard InChI is InChI=1S/C22H21N3O5S/c26-20(14-31-22-23-15-5-1-3-7-17(15)30-22)25-13-19(21(27)24-9-11-28-12-10-24)29-18-8-4-2-6-16(18)25/h1-8,19H,9-14H2/t19-/m0/s1. The van der Waals surface area contributed by atoms with Crippen molar-refractivity contribution in [2.75, 3.05) is 43.5 Å². The Kier molecular flexibility index (Phi) is 5.52. The van der Waals surface area contributed by atoms with Crippen molar-refractivity contribution in [1.82, 2.24) is 9.88 Å². The molecule has 0 spiro atoms. The predicted octanol–water partition coefficient (Wildman–Crippen LogP) is 2.57. The number of carbonyl (C=O) groups excluding carboxylic acids is 2. The number of fused-ring (bicyclic) bond motifs is 2. The average Bonchev–Trinajstić information content (AvgIpc) is 3.25. The molecule has 31 heavy (non-hydrogen) atoms. The van der Waals surface area contributed by atoms with Gasteiger partial charge in [0.1, 0.15) is 11.3 Å². The Bertz CT molecular complexity index is 1080. The van der Waals surface area contributed by atoms with Crippen molar-refractivity contribution >= 4 is 40.4 Å². The van der Waals surface area contributed by atoms with Gasteiger partial charge in [-0.3, -0.25) is 9.59 Å². The smallest absolute Gasteiger partial charge is 0.265 e. The maximum Gasteiger partial charge on any atom is 0.265 e. The summed E-state index contributed by atoms with van der Waals surface area (Å²) in [7, 11) is 0. The highest BCUT2D eigenvalue weighted by Crippen LogP contribution is 2.34. The third-order valence-electron chi connectivity index (χ3n) is 5.27. The molecule has 0 radical (unpaired) electrons. The molecule has 1 atom stereocenters. The highest BCUT2D eigenvalue weighted by molar-refractivity contribution is 7.99. The second-order valence-corrected chi connectivity index (χ2v) is 8.18. The van der Waals surface area contributed by atoms with Crippen molar-refractivity contribution in [2.24, 2.45) is 0 Å². The van der Waals surface area contributed by atoms with Gasteiger partial charge in [-0.1, -0.05) is 36.0 Å². The first-order valence-corrected chi connectivity index (χ1v) is 11.1. The quantitative estimate of drug-likeness (QED) is 0.578. The molecule has 160 valence electrons. The number of rotatable bonds is 4. The van der Waals surface area contributed by atoms with Crippen molar-refractivity contribution in [1.29, 1.82) is 0 Å². The maximum atomic E-state index is 13.1.